The van der Waals surface area contributed by atoms with Gasteiger partial charge < -0.3 is 14.8 Å². The van der Waals surface area contributed by atoms with E-state index in [0.717, 1.165) is 46.1 Å². The Morgan fingerprint density at radius 2 is 2.13 bits per heavy atom. The number of fused-ring (bicyclic) bond motifs is 2. The van der Waals surface area contributed by atoms with Gasteiger partial charge in [-0.3, -0.25) is 4.90 Å². The molecular weight excluding hydrogens is 411 g/mol. The van der Waals surface area contributed by atoms with Crippen molar-refractivity contribution in [3.8, 4) is 5.75 Å². The van der Waals surface area contributed by atoms with Gasteiger partial charge in [-0.15, -0.1) is 11.3 Å². The van der Waals surface area contributed by atoms with Crippen LogP contribution in [0, 0.1) is 5.82 Å². The Morgan fingerprint density at radius 3 is 2.97 bits per heavy atom. The van der Waals surface area contributed by atoms with Crippen LogP contribution in [0.2, 0.25) is 0 Å². The van der Waals surface area contributed by atoms with Gasteiger partial charge in [-0.2, -0.15) is 0 Å². The second kappa shape index (κ2) is 8.61. The molecule has 2 aromatic carbocycles. The molecule has 0 radical (unpaired) electrons. The SMILES string of the molecule is C[C@H]1C[C@H](c2cc3cccc(F)c3s2)CCN1C[C@H](O)COc1cccc2[nH]ccc12. The predicted octanol–water partition coefficient (Wildman–Crippen LogP) is 5.53. The van der Waals surface area contributed by atoms with Crippen molar-refractivity contribution in [2.24, 2.45) is 0 Å². The van der Waals surface area contributed by atoms with Gasteiger partial charge >= 0.3 is 0 Å². The van der Waals surface area contributed by atoms with E-state index in [1.165, 1.54) is 10.9 Å². The lowest BCUT2D eigenvalue weighted by atomic mass is 9.90. The lowest BCUT2D eigenvalue weighted by Gasteiger charge is -2.38. The number of halogens is 1. The predicted molar refractivity (Wildman–Crippen MR) is 125 cm³/mol. The van der Waals surface area contributed by atoms with Crippen LogP contribution in [-0.2, 0) is 0 Å². The van der Waals surface area contributed by atoms with Crippen molar-refractivity contribution in [1.82, 2.24) is 9.88 Å². The van der Waals surface area contributed by atoms with Crippen LogP contribution < -0.4 is 4.74 Å². The highest BCUT2D eigenvalue weighted by Gasteiger charge is 2.29. The average molecular weight is 439 g/mol. The lowest BCUT2D eigenvalue weighted by molar-refractivity contribution is 0.0408. The van der Waals surface area contributed by atoms with Gasteiger partial charge in [-0.1, -0.05) is 18.2 Å². The Labute approximate surface area is 185 Å². The van der Waals surface area contributed by atoms with Crippen molar-refractivity contribution < 1.29 is 14.2 Å². The molecule has 1 aliphatic rings. The highest BCUT2D eigenvalue weighted by Crippen LogP contribution is 2.39. The quantitative estimate of drug-likeness (QED) is 0.416. The smallest absolute Gasteiger partial charge is 0.140 e. The molecule has 162 valence electrons. The van der Waals surface area contributed by atoms with E-state index in [1.807, 2.05) is 36.5 Å². The highest BCUT2D eigenvalue weighted by atomic mass is 32.1. The number of likely N-dealkylation sites (tertiary alicyclic amines) is 1. The third-order valence-electron chi connectivity index (χ3n) is 6.36. The van der Waals surface area contributed by atoms with Crippen LogP contribution >= 0.6 is 11.3 Å². The number of aliphatic hydroxyl groups is 1. The Morgan fingerprint density at radius 1 is 1.26 bits per heavy atom. The number of aliphatic hydroxyl groups excluding tert-OH is 1. The zero-order valence-electron chi connectivity index (χ0n) is 17.6. The summed E-state index contributed by atoms with van der Waals surface area (Å²) in [5.41, 5.74) is 1.03. The standard InChI is InChI=1S/C25H27FN2O2S/c1-16-12-17(24-13-18-4-2-5-21(26)25(18)31-24)9-11-28(16)14-19(29)15-30-23-7-3-6-22-20(23)8-10-27-22/h2-8,10,13,16-17,19,27,29H,9,11-12,14-15H2,1H3/t16-,17+,19-/m0/s1. The lowest BCUT2D eigenvalue weighted by Crippen LogP contribution is -2.45. The van der Waals surface area contributed by atoms with E-state index < -0.39 is 6.10 Å². The Kier molecular flexibility index (Phi) is 5.69. The second-order valence-electron chi connectivity index (χ2n) is 8.53. The number of H-pyrrole nitrogens is 1. The number of hydrogen-bond donors (Lipinski definition) is 2. The summed E-state index contributed by atoms with van der Waals surface area (Å²) in [6, 6.07) is 15.7. The molecule has 1 saturated heterocycles. The molecule has 6 heteroatoms. The van der Waals surface area contributed by atoms with Crippen LogP contribution in [-0.4, -0.2) is 46.8 Å². The van der Waals surface area contributed by atoms with Crippen molar-refractivity contribution in [3.05, 3.63) is 65.4 Å². The Hall–Kier alpha value is -2.41. The second-order valence-corrected chi connectivity index (χ2v) is 9.62. The number of thiophene rings is 1. The van der Waals surface area contributed by atoms with Crippen LogP contribution in [0.5, 0.6) is 5.75 Å². The minimum absolute atomic E-state index is 0.127. The molecule has 1 aliphatic heterocycles. The van der Waals surface area contributed by atoms with Crippen molar-refractivity contribution in [2.45, 2.75) is 37.8 Å². The fourth-order valence-corrected chi connectivity index (χ4v) is 5.90. The Balaban J connectivity index is 1.18. The molecule has 3 heterocycles. The molecular formula is C25H27FN2O2S. The molecule has 0 saturated carbocycles. The summed E-state index contributed by atoms with van der Waals surface area (Å²) in [7, 11) is 0. The van der Waals surface area contributed by atoms with Gasteiger partial charge in [0.05, 0.1) is 4.70 Å². The van der Waals surface area contributed by atoms with Crippen LogP contribution in [0.1, 0.15) is 30.6 Å². The summed E-state index contributed by atoms with van der Waals surface area (Å²) in [4.78, 5) is 6.79. The molecule has 4 aromatic rings. The van der Waals surface area contributed by atoms with Crippen LogP contribution in [0.4, 0.5) is 4.39 Å². The molecule has 2 aromatic heterocycles. The first kappa shape index (κ1) is 20.5. The minimum Gasteiger partial charge on any atom is -0.490 e. The number of ether oxygens (including phenoxy) is 1. The van der Waals surface area contributed by atoms with Gasteiger partial charge in [0, 0.05) is 34.6 Å². The van der Waals surface area contributed by atoms with E-state index in [0.29, 0.717) is 18.5 Å². The average Bonchev–Trinajstić information content (AvgIpc) is 3.41. The molecule has 0 aliphatic carbocycles. The van der Waals surface area contributed by atoms with Crippen molar-refractivity contribution in [3.63, 3.8) is 0 Å². The number of aromatic nitrogens is 1. The number of benzene rings is 2. The van der Waals surface area contributed by atoms with Crippen molar-refractivity contribution in [1.29, 1.82) is 0 Å². The van der Waals surface area contributed by atoms with Crippen LogP contribution in [0.3, 0.4) is 0 Å². The third kappa shape index (κ3) is 4.20. The number of aromatic amines is 1. The van der Waals surface area contributed by atoms with E-state index >= 15 is 0 Å². The molecule has 0 amide bonds. The maximum Gasteiger partial charge on any atom is 0.140 e. The number of nitrogens with zero attached hydrogens (tertiary/aromatic N) is 1. The zero-order chi connectivity index (χ0) is 21.4. The van der Waals surface area contributed by atoms with Crippen molar-refractivity contribution >= 4 is 32.3 Å². The molecule has 4 nitrogen and oxygen atoms in total. The van der Waals surface area contributed by atoms with Crippen LogP contribution in [0.15, 0.2) is 54.7 Å². The number of piperidine rings is 1. The molecule has 3 atom stereocenters. The summed E-state index contributed by atoms with van der Waals surface area (Å²) in [5.74, 6) is 1.11. The molecule has 0 bridgehead atoms. The van der Waals surface area contributed by atoms with E-state index in [9.17, 15) is 9.50 Å². The number of rotatable bonds is 6. The summed E-state index contributed by atoms with van der Waals surface area (Å²) < 4.78 is 20.8. The van der Waals surface area contributed by atoms with Gasteiger partial charge in [0.15, 0.2) is 0 Å². The first-order chi connectivity index (χ1) is 15.1. The topological polar surface area (TPSA) is 48.5 Å². The number of nitrogens with one attached hydrogen (secondary N) is 1. The van der Waals surface area contributed by atoms with E-state index in [2.05, 4.69) is 22.9 Å². The third-order valence-corrected chi connectivity index (χ3v) is 7.68. The molecule has 2 N–H and O–H groups in total. The normalized spacial score (nSPS) is 21.0. The monoisotopic (exact) mass is 438 g/mol. The molecule has 0 spiro atoms. The zero-order valence-corrected chi connectivity index (χ0v) is 18.4. The van der Waals surface area contributed by atoms with Crippen molar-refractivity contribution in [2.75, 3.05) is 19.7 Å². The Bertz CT molecular complexity index is 1190. The van der Waals surface area contributed by atoms with Gasteiger partial charge in [-0.05, 0) is 67.9 Å². The first-order valence-corrected chi connectivity index (χ1v) is 11.7. The number of hydrogen-bond acceptors (Lipinski definition) is 4. The van der Waals surface area contributed by atoms with Gasteiger partial charge in [0.1, 0.15) is 24.3 Å². The van der Waals surface area contributed by atoms with Crippen LogP contribution in [0.25, 0.3) is 21.0 Å². The molecule has 31 heavy (non-hydrogen) atoms. The van der Waals surface area contributed by atoms with Gasteiger partial charge in [0.2, 0.25) is 0 Å². The molecule has 5 rings (SSSR count). The maximum atomic E-state index is 14.1. The molecule has 1 fully saturated rings. The number of β-amino-alcohol motifs (C(OH)–C–C–N with tert-alkyl or cyclic N) is 1. The van der Waals surface area contributed by atoms with Gasteiger partial charge in [0.25, 0.3) is 0 Å². The molecule has 0 unspecified atom stereocenters. The highest BCUT2D eigenvalue weighted by molar-refractivity contribution is 7.19. The minimum atomic E-state index is -0.549. The fraction of sp³-hybridized carbons (Fsp3) is 0.360. The largest absolute Gasteiger partial charge is 0.490 e. The maximum absolute atomic E-state index is 14.1. The summed E-state index contributed by atoms with van der Waals surface area (Å²) in [6.45, 7) is 4.01. The summed E-state index contributed by atoms with van der Waals surface area (Å²) >= 11 is 1.59. The van der Waals surface area contributed by atoms with Gasteiger partial charge in [-0.25, -0.2) is 4.39 Å². The summed E-state index contributed by atoms with van der Waals surface area (Å²) in [5, 5.41) is 12.6. The summed E-state index contributed by atoms with van der Waals surface area (Å²) in [6.07, 6.45) is 3.39. The fourth-order valence-electron chi connectivity index (χ4n) is 4.69. The van der Waals surface area contributed by atoms with E-state index in [-0.39, 0.29) is 12.4 Å². The first-order valence-electron chi connectivity index (χ1n) is 10.9. The van der Waals surface area contributed by atoms with E-state index in [4.69, 9.17) is 4.74 Å². The van der Waals surface area contributed by atoms with E-state index in [1.54, 1.807) is 17.4 Å².